The summed E-state index contributed by atoms with van der Waals surface area (Å²) in [7, 11) is 0. The molecular formula is C14H19FN2O. The average Bonchev–Trinajstić information content (AvgIpc) is 2.39. The second-order valence-electron chi connectivity index (χ2n) is 4.06. The summed E-state index contributed by atoms with van der Waals surface area (Å²) in [5, 5.41) is 11.7. The number of nitrogens with zero attached hydrogens (tertiary/aromatic N) is 1. The first-order valence-electron chi connectivity index (χ1n) is 6.25. The number of hydrogen-bond donors (Lipinski definition) is 1. The molecule has 0 unspecified atom stereocenters. The molecule has 0 atom stereocenters. The van der Waals surface area contributed by atoms with Crippen LogP contribution in [0.15, 0.2) is 18.2 Å². The summed E-state index contributed by atoms with van der Waals surface area (Å²) >= 11 is 0. The number of hydrogen-bond acceptors (Lipinski definition) is 3. The zero-order valence-corrected chi connectivity index (χ0v) is 10.7. The molecule has 1 N–H and O–H groups in total. The zero-order chi connectivity index (χ0) is 13.2. The van der Waals surface area contributed by atoms with Crippen molar-refractivity contribution in [3.63, 3.8) is 0 Å². The molecule has 0 radical (unpaired) electrons. The van der Waals surface area contributed by atoms with E-state index in [-0.39, 0.29) is 5.82 Å². The van der Waals surface area contributed by atoms with E-state index in [0.717, 1.165) is 19.4 Å². The fourth-order valence-corrected chi connectivity index (χ4v) is 1.48. The van der Waals surface area contributed by atoms with Crippen LogP contribution >= 0.6 is 0 Å². The number of nitrogens with one attached hydrogen (secondary N) is 1. The molecule has 0 aliphatic carbocycles. The van der Waals surface area contributed by atoms with Crippen LogP contribution in [0.4, 0.5) is 4.39 Å². The molecule has 98 valence electrons. The molecule has 0 aliphatic rings. The third kappa shape index (κ3) is 5.26. The molecule has 0 aromatic heterocycles. The average molecular weight is 250 g/mol. The predicted molar refractivity (Wildman–Crippen MR) is 68.5 cm³/mol. The molecule has 0 heterocycles. The SMILES string of the molecule is CCCCOCCNCc1ccc(C#N)cc1F. The maximum Gasteiger partial charge on any atom is 0.129 e. The summed E-state index contributed by atoms with van der Waals surface area (Å²) < 4.78 is 18.9. The maximum atomic E-state index is 13.5. The number of benzene rings is 1. The van der Waals surface area contributed by atoms with Gasteiger partial charge < -0.3 is 10.1 Å². The number of halogens is 1. The third-order valence-corrected chi connectivity index (χ3v) is 2.56. The lowest BCUT2D eigenvalue weighted by molar-refractivity contribution is 0.133. The highest BCUT2D eigenvalue weighted by Gasteiger charge is 2.02. The van der Waals surface area contributed by atoms with Crippen LogP contribution < -0.4 is 5.32 Å². The van der Waals surface area contributed by atoms with Crippen LogP contribution in [0, 0.1) is 17.1 Å². The number of unbranched alkanes of at least 4 members (excludes halogenated alkanes) is 1. The molecule has 0 amide bonds. The van der Waals surface area contributed by atoms with E-state index in [1.807, 2.05) is 6.07 Å². The van der Waals surface area contributed by atoms with Gasteiger partial charge in [0.05, 0.1) is 18.2 Å². The van der Waals surface area contributed by atoms with Crippen LogP contribution in [-0.2, 0) is 11.3 Å². The molecule has 1 rings (SSSR count). The van der Waals surface area contributed by atoms with Gasteiger partial charge in [-0.2, -0.15) is 5.26 Å². The fraction of sp³-hybridized carbons (Fsp3) is 0.500. The van der Waals surface area contributed by atoms with Crippen molar-refractivity contribution in [1.29, 1.82) is 5.26 Å². The minimum Gasteiger partial charge on any atom is -0.380 e. The lowest BCUT2D eigenvalue weighted by Crippen LogP contribution is -2.20. The topological polar surface area (TPSA) is 45.0 Å². The van der Waals surface area contributed by atoms with Crippen LogP contribution in [-0.4, -0.2) is 19.8 Å². The summed E-state index contributed by atoms with van der Waals surface area (Å²) in [4.78, 5) is 0. The van der Waals surface area contributed by atoms with Gasteiger partial charge in [-0.15, -0.1) is 0 Å². The molecule has 0 saturated heterocycles. The van der Waals surface area contributed by atoms with E-state index in [4.69, 9.17) is 10.00 Å². The van der Waals surface area contributed by atoms with Crippen molar-refractivity contribution >= 4 is 0 Å². The van der Waals surface area contributed by atoms with E-state index >= 15 is 0 Å². The number of nitriles is 1. The van der Waals surface area contributed by atoms with Gasteiger partial charge in [0, 0.05) is 25.3 Å². The van der Waals surface area contributed by atoms with Crippen LogP contribution in [0.3, 0.4) is 0 Å². The summed E-state index contributed by atoms with van der Waals surface area (Å²) in [6, 6.07) is 6.43. The number of ether oxygens (including phenoxy) is 1. The van der Waals surface area contributed by atoms with Gasteiger partial charge in [0.25, 0.3) is 0 Å². The molecule has 0 fully saturated rings. The Morgan fingerprint density at radius 3 is 2.89 bits per heavy atom. The standard InChI is InChI=1S/C14H19FN2O/c1-2-3-7-18-8-6-17-11-13-5-4-12(10-16)9-14(13)15/h4-5,9,17H,2-3,6-8,11H2,1H3. The van der Waals surface area contributed by atoms with Crippen LogP contribution in [0.2, 0.25) is 0 Å². The Labute approximate surface area is 108 Å². The Hall–Kier alpha value is -1.44. The normalized spacial score (nSPS) is 10.3. The molecule has 1 aromatic carbocycles. The van der Waals surface area contributed by atoms with Crippen molar-refractivity contribution in [1.82, 2.24) is 5.32 Å². The van der Waals surface area contributed by atoms with Gasteiger partial charge in [0.2, 0.25) is 0 Å². The maximum absolute atomic E-state index is 13.5. The van der Waals surface area contributed by atoms with Crippen molar-refractivity contribution in [3.8, 4) is 6.07 Å². The largest absolute Gasteiger partial charge is 0.380 e. The van der Waals surface area contributed by atoms with Crippen molar-refractivity contribution in [3.05, 3.63) is 35.1 Å². The second kappa shape index (κ2) is 8.62. The minimum absolute atomic E-state index is 0.339. The van der Waals surface area contributed by atoms with Crippen molar-refractivity contribution in [2.75, 3.05) is 19.8 Å². The molecular weight excluding hydrogens is 231 g/mol. The van der Waals surface area contributed by atoms with Gasteiger partial charge in [-0.25, -0.2) is 4.39 Å². The minimum atomic E-state index is -0.339. The van der Waals surface area contributed by atoms with E-state index in [1.54, 1.807) is 12.1 Å². The Bertz CT molecular complexity index is 401. The highest BCUT2D eigenvalue weighted by atomic mass is 19.1. The first kappa shape index (κ1) is 14.6. The third-order valence-electron chi connectivity index (χ3n) is 2.56. The van der Waals surface area contributed by atoms with Crippen molar-refractivity contribution < 1.29 is 9.13 Å². The molecule has 18 heavy (non-hydrogen) atoms. The molecule has 0 spiro atoms. The molecule has 0 saturated carbocycles. The van der Waals surface area contributed by atoms with Crippen molar-refractivity contribution in [2.45, 2.75) is 26.3 Å². The smallest absolute Gasteiger partial charge is 0.129 e. The lowest BCUT2D eigenvalue weighted by atomic mass is 10.1. The summed E-state index contributed by atoms with van der Waals surface area (Å²) in [6.07, 6.45) is 2.20. The van der Waals surface area contributed by atoms with Gasteiger partial charge in [0.1, 0.15) is 5.82 Å². The molecule has 0 bridgehead atoms. The quantitative estimate of drug-likeness (QED) is 0.721. The first-order valence-corrected chi connectivity index (χ1v) is 6.25. The van der Waals surface area contributed by atoms with E-state index in [0.29, 0.717) is 30.8 Å². The van der Waals surface area contributed by atoms with Gasteiger partial charge in [-0.05, 0) is 18.6 Å². The first-order chi connectivity index (χ1) is 8.77. The van der Waals surface area contributed by atoms with E-state index < -0.39 is 0 Å². The van der Waals surface area contributed by atoms with E-state index in [9.17, 15) is 4.39 Å². The molecule has 3 nitrogen and oxygen atoms in total. The van der Waals surface area contributed by atoms with Crippen LogP contribution in [0.1, 0.15) is 30.9 Å². The van der Waals surface area contributed by atoms with Gasteiger partial charge >= 0.3 is 0 Å². The molecule has 0 aliphatic heterocycles. The van der Waals surface area contributed by atoms with Gasteiger partial charge in [-0.3, -0.25) is 0 Å². The van der Waals surface area contributed by atoms with Crippen molar-refractivity contribution in [2.24, 2.45) is 0 Å². The Morgan fingerprint density at radius 2 is 2.22 bits per heavy atom. The van der Waals surface area contributed by atoms with Crippen LogP contribution in [0.25, 0.3) is 0 Å². The highest BCUT2D eigenvalue weighted by Crippen LogP contribution is 2.09. The van der Waals surface area contributed by atoms with E-state index in [1.165, 1.54) is 6.07 Å². The monoisotopic (exact) mass is 250 g/mol. The van der Waals surface area contributed by atoms with Gasteiger partial charge in [-0.1, -0.05) is 19.4 Å². The Morgan fingerprint density at radius 1 is 1.39 bits per heavy atom. The van der Waals surface area contributed by atoms with E-state index in [2.05, 4.69) is 12.2 Å². The molecule has 4 heteroatoms. The fourth-order valence-electron chi connectivity index (χ4n) is 1.48. The summed E-state index contributed by atoms with van der Waals surface area (Å²) in [5.41, 5.74) is 0.918. The Balaban J connectivity index is 2.21. The predicted octanol–water partition coefficient (Wildman–Crippen LogP) is 2.60. The Kier molecular flexibility index (Phi) is 7.00. The number of rotatable bonds is 8. The zero-order valence-electron chi connectivity index (χ0n) is 10.7. The van der Waals surface area contributed by atoms with Crippen LogP contribution in [0.5, 0.6) is 0 Å². The second-order valence-corrected chi connectivity index (χ2v) is 4.06. The lowest BCUT2D eigenvalue weighted by Gasteiger charge is -2.07. The highest BCUT2D eigenvalue weighted by molar-refractivity contribution is 5.32. The summed E-state index contributed by atoms with van der Waals surface area (Å²) in [6.45, 7) is 4.69. The van der Waals surface area contributed by atoms with Gasteiger partial charge in [0.15, 0.2) is 0 Å². The molecule has 1 aromatic rings. The summed E-state index contributed by atoms with van der Waals surface area (Å²) in [5.74, 6) is -0.339.